The molecule has 0 unspecified atom stereocenters. The number of benzene rings is 1. The third kappa shape index (κ3) is 2.99. The van der Waals surface area contributed by atoms with Gasteiger partial charge in [0.15, 0.2) is 0 Å². The van der Waals surface area contributed by atoms with Gasteiger partial charge < -0.3 is 4.90 Å². The SMILES string of the molecule is O=C(CSc1ccc(F)cc1)N1CC(N2C(=O)CCC2=O)C1. The molecule has 3 rings (SSSR count). The van der Waals surface area contributed by atoms with Gasteiger partial charge in [0.25, 0.3) is 0 Å². The van der Waals surface area contributed by atoms with Crippen LogP contribution in [0.3, 0.4) is 0 Å². The maximum Gasteiger partial charge on any atom is 0.233 e. The molecule has 0 aromatic heterocycles. The molecule has 22 heavy (non-hydrogen) atoms. The largest absolute Gasteiger partial charge is 0.338 e. The Kier molecular flexibility index (Phi) is 4.15. The summed E-state index contributed by atoms with van der Waals surface area (Å²) in [7, 11) is 0. The molecule has 0 saturated carbocycles. The van der Waals surface area contributed by atoms with Crippen molar-refractivity contribution in [1.29, 1.82) is 0 Å². The zero-order chi connectivity index (χ0) is 15.7. The Labute approximate surface area is 131 Å². The van der Waals surface area contributed by atoms with Crippen LogP contribution in [-0.2, 0) is 14.4 Å². The van der Waals surface area contributed by atoms with Gasteiger partial charge in [-0.15, -0.1) is 11.8 Å². The van der Waals surface area contributed by atoms with Crippen molar-refractivity contribution >= 4 is 29.5 Å². The predicted octanol–water partition coefficient (Wildman–Crippen LogP) is 1.28. The van der Waals surface area contributed by atoms with Gasteiger partial charge in [-0.3, -0.25) is 19.3 Å². The normalized spacial score (nSPS) is 18.8. The highest BCUT2D eigenvalue weighted by molar-refractivity contribution is 8.00. The van der Waals surface area contributed by atoms with Crippen molar-refractivity contribution in [2.45, 2.75) is 23.8 Å². The third-order valence-electron chi connectivity index (χ3n) is 3.85. The van der Waals surface area contributed by atoms with Crippen LogP contribution >= 0.6 is 11.8 Å². The van der Waals surface area contributed by atoms with E-state index in [-0.39, 0.29) is 48.2 Å². The summed E-state index contributed by atoms with van der Waals surface area (Å²) >= 11 is 1.34. The zero-order valence-electron chi connectivity index (χ0n) is 11.8. The highest BCUT2D eigenvalue weighted by Crippen LogP contribution is 2.24. The van der Waals surface area contributed by atoms with E-state index >= 15 is 0 Å². The van der Waals surface area contributed by atoms with Gasteiger partial charge in [0.05, 0.1) is 11.8 Å². The van der Waals surface area contributed by atoms with Crippen LogP contribution in [0.4, 0.5) is 4.39 Å². The van der Waals surface area contributed by atoms with Crippen molar-refractivity contribution in [2.75, 3.05) is 18.8 Å². The Morgan fingerprint density at radius 3 is 2.32 bits per heavy atom. The minimum absolute atomic E-state index is 0.0373. The van der Waals surface area contributed by atoms with Crippen LogP contribution in [0.2, 0.25) is 0 Å². The van der Waals surface area contributed by atoms with Gasteiger partial charge >= 0.3 is 0 Å². The number of carbonyl (C=O) groups is 3. The molecule has 1 aromatic rings. The Balaban J connectivity index is 1.46. The minimum atomic E-state index is -0.304. The van der Waals surface area contributed by atoms with E-state index in [0.29, 0.717) is 13.1 Å². The fourth-order valence-electron chi connectivity index (χ4n) is 2.59. The Bertz CT molecular complexity index is 598. The molecule has 2 aliphatic heterocycles. The first-order valence-electron chi connectivity index (χ1n) is 7.05. The van der Waals surface area contributed by atoms with E-state index in [2.05, 4.69) is 0 Å². The van der Waals surface area contributed by atoms with Crippen LogP contribution in [0.25, 0.3) is 0 Å². The van der Waals surface area contributed by atoms with E-state index in [0.717, 1.165) is 4.90 Å². The van der Waals surface area contributed by atoms with Gasteiger partial charge in [-0.25, -0.2) is 4.39 Å². The summed E-state index contributed by atoms with van der Waals surface area (Å²) in [6, 6.07) is 5.82. The van der Waals surface area contributed by atoms with Crippen molar-refractivity contribution in [2.24, 2.45) is 0 Å². The average Bonchev–Trinajstić information content (AvgIpc) is 2.77. The standard InChI is InChI=1S/C15H15FN2O3S/c16-10-1-3-12(4-2-10)22-9-15(21)17-7-11(8-17)18-13(19)5-6-14(18)20/h1-4,11H,5-9H2. The Morgan fingerprint density at radius 1 is 1.14 bits per heavy atom. The number of thioether (sulfide) groups is 1. The number of halogens is 1. The molecule has 0 bridgehead atoms. The van der Waals surface area contributed by atoms with Gasteiger partial charge in [-0.2, -0.15) is 0 Å². The lowest BCUT2D eigenvalue weighted by atomic mass is 10.1. The first-order valence-corrected chi connectivity index (χ1v) is 8.04. The monoisotopic (exact) mass is 322 g/mol. The molecule has 5 nitrogen and oxygen atoms in total. The van der Waals surface area contributed by atoms with Crippen LogP contribution < -0.4 is 0 Å². The van der Waals surface area contributed by atoms with Gasteiger partial charge in [0, 0.05) is 30.8 Å². The Morgan fingerprint density at radius 2 is 1.73 bits per heavy atom. The molecular formula is C15H15FN2O3S. The summed E-state index contributed by atoms with van der Waals surface area (Å²) in [6.45, 7) is 0.834. The predicted molar refractivity (Wildman–Crippen MR) is 78.6 cm³/mol. The number of likely N-dealkylation sites (tertiary alicyclic amines) is 2. The second-order valence-corrected chi connectivity index (χ2v) is 6.40. The van der Waals surface area contributed by atoms with Crippen molar-refractivity contribution in [3.8, 4) is 0 Å². The summed E-state index contributed by atoms with van der Waals surface area (Å²) in [5, 5.41) is 0. The van der Waals surface area contributed by atoms with E-state index in [1.165, 1.54) is 28.8 Å². The van der Waals surface area contributed by atoms with Gasteiger partial charge in [0.1, 0.15) is 5.82 Å². The van der Waals surface area contributed by atoms with Crippen molar-refractivity contribution in [3.63, 3.8) is 0 Å². The number of amides is 3. The van der Waals surface area contributed by atoms with E-state index in [1.54, 1.807) is 17.0 Å². The zero-order valence-corrected chi connectivity index (χ0v) is 12.6. The van der Waals surface area contributed by atoms with Gasteiger partial charge in [0.2, 0.25) is 17.7 Å². The first kappa shape index (κ1) is 15.0. The van der Waals surface area contributed by atoms with E-state index in [1.807, 2.05) is 0 Å². The fourth-order valence-corrected chi connectivity index (χ4v) is 3.39. The minimum Gasteiger partial charge on any atom is -0.338 e. The summed E-state index contributed by atoms with van der Waals surface area (Å²) in [5.41, 5.74) is 0. The molecule has 2 fully saturated rings. The quantitative estimate of drug-likeness (QED) is 0.619. The second-order valence-electron chi connectivity index (χ2n) is 5.35. The lowest BCUT2D eigenvalue weighted by Gasteiger charge is -2.43. The summed E-state index contributed by atoms with van der Waals surface area (Å²) in [6.07, 6.45) is 0.563. The molecule has 2 heterocycles. The topological polar surface area (TPSA) is 57.7 Å². The van der Waals surface area contributed by atoms with Crippen LogP contribution in [0, 0.1) is 5.82 Å². The second kappa shape index (κ2) is 6.08. The van der Waals surface area contributed by atoms with E-state index in [4.69, 9.17) is 0 Å². The molecule has 0 spiro atoms. The molecule has 7 heteroatoms. The number of nitrogens with zero attached hydrogens (tertiary/aromatic N) is 2. The molecular weight excluding hydrogens is 307 g/mol. The van der Waals surface area contributed by atoms with Crippen LogP contribution in [0.5, 0.6) is 0 Å². The lowest BCUT2D eigenvalue weighted by Crippen LogP contribution is -2.62. The lowest BCUT2D eigenvalue weighted by molar-refractivity contribution is -0.150. The van der Waals surface area contributed by atoms with Crippen molar-refractivity contribution in [3.05, 3.63) is 30.1 Å². The van der Waals surface area contributed by atoms with E-state index in [9.17, 15) is 18.8 Å². The smallest absolute Gasteiger partial charge is 0.233 e. The number of carbonyl (C=O) groups excluding carboxylic acids is 3. The molecule has 0 aliphatic carbocycles. The number of hydrogen-bond acceptors (Lipinski definition) is 4. The first-order chi connectivity index (χ1) is 10.5. The molecule has 116 valence electrons. The molecule has 0 radical (unpaired) electrons. The highest BCUT2D eigenvalue weighted by Gasteiger charge is 2.42. The molecule has 2 aliphatic rings. The summed E-state index contributed by atoms with van der Waals surface area (Å²) in [4.78, 5) is 39.0. The summed E-state index contributed by atoms with van der Waals surface area (Å²) in [5.74, 6) is -0.350. The number of imide groups is 1. The number of hydrogen-bond donors (Lipinski definition) is 0. The van der Waals surface area contributed by atoms with Crippen molar-refractivity contribution < 1.29 is 18.8 Å². The van der Waals surface area contributed by atoms with E-state index < -0.39 is 0 Å². The van der Waals surface area contributed by atoms with Crippen LogP contribution in [-0.4, -0.2) is 52.4 Å². The maximum absolute atomic E-state index is 12.8. The fraction of sp³-hybridized carbons (Fsp3) is 0.400. The molecule has 0 N–H and O–H groups in total. The van der Waals surface area contributed by atoms with Crippen LogP contribution in [0.15, 0.2) is 29.2 Å². The van der Waals surface area contributed by atoms with Gasteiger partial charge in [-0.1, -0.05) is 0 Å². The van der Waals surface area contributed by atoms with Gasteiger partial charge in [-0.05, 0) is 24.3 Å². The summed E-state index contributed by atoms with van der Waals surface area (Å²) < 4.78 is 12.8. The molecule has 2 saturated heterocycles. The number of rotatable bonds is 4. The molecule has 3 amide bonds. The Hall–Kier alpha value is -1.89. The average molecular weight is 322 g/mol. The van der Waals surface area contributed by atoms with Crippen LogP contribution in [0.1, 0.15) is 12.8 Å². The maximum atomic E-state index is 12.8. The molecule has 1 aromatic carbocycles. The molecule has 0 atom stereocenters. The third-order valence-corrected chi connectivity index (χ3v) is 4.84. The highest BCUT2D eigenvalue weighted by atomic mass is 32.2. The van der Waals surface area contributed by atoms with Crippen molar-refractivity contribution in [1.82, 2.24) is 9.80 Å².